The summed E-state index contributed by atoms with van der Waals surface area (Å²) in [5, 5.41) is 11.3. The van der Waals surface area contributed by atoms with E-state index in [1.54, 1.807) is 17.5 Å². The Hall–Kier alpha value is -1.13. The minimum Gasteiger partial charge on any atom is -0.393 e. The lowest BCUT2D eigenvalue weighted by atomic mass is 10.3. The molecule has 0 aliphatic rings. The van der Waals surface area contributed by atoms with E-state index in [2.05, 4.69) is 15.6 Å². The first-order chi connectivity index (χ1) is 7.27. The van der Waals surface area contributed by atoms with Crippen molar-refractivity contribution in [3.05, 3.63) is 29.9 Å². The minimum absolute atomic E-state index is 0.261. The van der Waals surface area contributed by atoms with E-state index in [1.807, 2.05) is 24.6 Å². The molecule has 0 spiro atoms. The summed E-state index contributed by atoms with van der Waals surface area (Å²) in [5.74, 6) is 0.991. The molecular formula is C11H14N2OS. The van der Waals surface area contributed by atoms with Gasteiger partial charge in [-0.05, 0) is 24.8 Å². The fourth-order valence-electron chi connectivity index (χ4n) is 1.45. The SMILES string of the molecule is CC(O)CCn1ccnc1-c1cccs1. The summed E-state index contributed by atoms with van der Waals surface area (Å²) in [6.07, 6.45) is 4.26. The van der Waals surface area contributed by atoms with Crippen LogP contribution < -0.4 is 0 Å². The van der Waals surface area contributed by atoms with Crippen molar-refractivity contribution < 1.29 is 5.11 Å². The van der Waals surface area contributed by atoms with E-state index in [0.29, 0.717) is 0 Å². The molecule has 15 heavy (non-hydrogen) atoms. The summed E-state index contributed by atoms with van der Waals surface area (Å²) in [6, 6.07) is 4.08. The van der Waals surface area contributed by atoms with Crippen LogP contribution in [-0.4, -0.2) is 20.8 Å². The zero-order chi connectivity index (χ0) is 10.7. The van der Waals surface area contributed by atoms with E-state index in [0.717, 1.165) is 18.8 Å². The average molecular weight is 222 g/mol. The molecule has 2 rings (SSSR count). The lowest BCUT2D eigenvalue weighted by Crippen LogP contribution is -2.07. The molecule has 2 heterocycles. The highest BCUT2D eigenvalue weighted by atomic mass is 32.1. The molecule has 3 nitrogen and oxygen atoms in total. The van der Waals surface area contributed by atoms with E-state index >= 15 is 0 Å². The molecule has 80 valence electrons. The van der Waals surface area contributed by atoms with Crippen LogP contribution in [0.25, 0.3) is 10.7 Å². The highest BCUT2D eigenvalue weighted by Gasteiger charge is 2.06. The Morgan fingerprint density at radius 3 is 3.13 bits per heavy atom. The van der Waals surface area contributed by atoms with Crippen LogP contribution in [0.1, 0.15) is 13.3 Å². The maximum atomic E-state index is 9.24. The minimum atomic E-state index is -0.261. The molecule has 0 saturated heterocycles. The van der Waals surface area contributed by atoms with Crippen LogP contribution in [0.5, 0.6) is 0 Å². The van der Waals surface area contributed by atoms with Gasteiger partial charge in [0.2, 0.25) is 0 Å². The zero-order valence-corrected chi connectivity index (χ0v) is 9.44. The van der Waals surface area contributed by atoms with E-state index in [-0.39, 0.29) is 6.10 Å². The van der Waals surface area contributed by atoms with Crippen molar-refractivity contribution in [1.29, 1.82) is 0 Å². The number of thiophene rings is 1. The quantitative estimate of drug-likeness (QED) is 0.862. The summed E-state index contributed by atoms with van der Waals surface area (Å²) in [6.45, 7) is 2.62. The van der Waals surface area contributed by atoms with Gasteiger partial charge in [-0.15, -0.1) is 11.3 Å². The first-order valence-corrected chi connectivity index (χ1v) is 5.88. The third-order valence-electron chi connectivity index (χ3n) is 2.24. The molecule has 2 aromatic heterocycles. The van der Waals surface area contributed by atoms with Crippen LogP contribution in [0.2, 0.25) is 0 Å². The number of aromatic nitrogens is 2. The predicted molar refractivity (Wildman–Crippen MR) is 61.8 cm³/mol. The number of aliphatic hydroxyl groups excluding tert-OH is 1. The molecule has 1 atom stereocenters. The predicted octanol–water partition coefficient (Wildman–Crippen LogP) is 2.38. The Morgan fingerprint density at radius 2 is 2.47 bits per heavy atom. The third-order valence-corrected chi connectivity index (χ3v) is 3.11. The number of hydrogen-bond donors (Lipinski definition) is 1. The molecule has 1 N–H and O–H groups in total. The lowest BCUT2D eigenvalue weighted by molar-refractivity contribution is 0.178. The Kier molecular flexibility index (Phi) is 3.18. The first kappa shape index (κ1) is 10.4. The van der Waals surface area contributed by atoms with Crippen molar-refractivity contribution >= 4 is 11.3 Å². The van der Waals surface area contributed by atoms with Crippen molar-refractivity contribution in [2.45, 2.75) is 26.0 Å². The fourth-order valence-corrected chi connectivity index (χ4v) is 2.18. The number of rotatable bonds is 4. The van der Waals surface area contributed by atoms with Gasteiger partial charge in [-0.2, -0.15) is 0 Å². The van der Waals surface area contributed by atoms with Crippen molar-refractivity contribution in [3.8, 4) is 10.7 Å². The van der Waals surface area contributed by atoms with Gasteiger partial charge in [0.05, 0.1) is 11.0 Å². The Labute approximate surface area is 93.0 Å². The van der Waals surface area contributed by atoms with Gasteiger partial charge in [-0.25, -0.2) is 4.98 Å². The second kappa shape index (κ2) is 4.59. The van der Waals surface area contributed by atoms with Gasteiger partial charge in [-0.1, -0.05) is 6.07 Å². The van der Waals surface area contributed by atoms with E-state index < -0.39 is 0 Å². The summed E-state index contributed by atoms with van der Waals surface area (Å²) < 4.78 is 2.08. The van der Waals surface area contributed by atoms with Crippen LogP contribution in [0, 0.1) is 0 Å². The van der Waals surface area contributed by atoms with Gasteiger partial charge in [0.1, 0.15) is 5.82 Å². The number of aliphatic hydroxyl groups is 1. The van der Waals surface area contributed by atoms with Crippen LogP contribution in [0.3, 0.4) is 0 Å². The van der Waals surface area contributed by atoms with Crippen LogP contribution in [0.4, 0.5) is 0 Å². The Morgan fingerprint density at radius 1 is 1.60 bits per heavy atom. The average Bonchev–Trinajstić information content (AvgIpc) is 2.85. The highest BCUT2D eigenvalue weighted by Crippen LogP contribution is 2.22. The molecular weight excluding hydrogens is 208 g/mol. The zero-order valence-electron chi connectivity index (χ0n) is 8.63. The normalized spacial score (nSPS) is 12.9. The number of imidazole rings is 1. The smallest absolute Gasteiger partial charge is 0.149 e. The molecule has 0 saturated carbocycles. The first-order valence-electron chi connectivity index (χ1n) is 5.00. The molecule has 0 aromatic carbocycles. The standard InChI is InChI=1S/C11H14N2OS/c1-9(14)4-6-13-7-5-12-11(13)10-3-2-8-15-10/h2-3,5,7-9,14H,4,6H2,1H3. The summed E-state index contributed by atoms with van der Waals surface area (Å²) >= 11 is 1.68. The second-order valence-electron chi connectivity index (χ2n) is 3.56. The summed E-state index contributed by atoms with van der Waals surface area (Å²) in [5.41, 5.74) is 0. The molecule has 0 amide bonds. The number of aryl methyl sites for hydroxylation is 1. The van der Waals surface area contributed by atoms with Crippen molar-refractivity contribution in [2.24, 2.45) is 0 Å². The van der Waals surface area contributed by atoms with Crippen LogP contribution in [0.15, 0.2) is 29.9 Å². The van der Waals surface area contributed by atoms with Crippen LogP contribution >= 0.6 is 11.3 Å². The lowest BCUT2D eigenvalue weighted by Gasteiger charge is -2.07. The van der Waals surface area contributed by atoms with Gasteiger partial charge in [0.25, 0.3) is 0 Å². The van der Waals surface area contributed by atoms with Gasteiger partial charge >= 0.3 is 0 Å². The third kappa shape index (κ3) is 2.46. The maximum absolute atomic E-state index is 9.24. The Balaban J connectivity index is 2.16. The molecule has 4 heteroatoms. The Bertz CT molecular complexity index is 406. The molecule has 0 bridgehead atoms. The van der Waals surface area contributed by atoms with Gasteiger partial charge in [-0.3, -0.25) is 0 Å². The van der Waals surface area contributed by atoms with E-state index in [4.69, 9.17) is 0 Å². The second-order valence-corrected chi connectivity index (χ2v) is 4.51. The van der Waals surface area contributed by atoms with Crippen molar-refractivity contribution in [3.63, 3.8) is 0 Å². The number of nitrogens with zero attached hydrogens (tertiary/aromatic N) is 2. The fraction of sp³-hybridized carbons (Fsp3) is 0.364. The molecule has 0 radical (unpaired) electrons. The van der Waals surface area contributed by atoms with Crippen molar-refractivity contribution in [2.75, 3.05) is 0 Å². The van der Waals surface area contributed by atoms with Crippen molar-refractivity contribution in [1.82, 2.24) is 9.55 Å². The van der Waals surface area contributed by atoms with Gasteiger partial charge < -0.3 is 9.67 Å². The maximum Gasteiger partial charge on any atom is 0.149 e. The van der Waals surface area contributed by atoms with Crippen LogP contribution in [-0.2, 0) is 6.54 Å². The van der Waals surface area contributed by atoms with Gasteiger partial charge in [0.15, 0.2) is 0 Å². The van der Waals surface area contributed by atoms with E-state index in [9.17, 15) is 5.11 Å². The monoisotopic (exact) mass is 222 g/mol. The molecule has 0 fully saturated rings. The molecule has 2 aromatic rings. The highest BCUT2D eigenvalue weighted by molar-refractivity contribution is 7.13. The summed E-state index contributed by atoms with van der Waals surface area (Å²) in [7, 11) is 0. The molecule has 1 unspecified atom stereocenters. The van der Waals surface area contributed by atoms with Gasteiger partial charge in [0, 0.05) is 18.9 Å². The largest absolute Gasteiger partial charge is 0.393 e. The van der Waals surface area contributed by atoms with E-state index in [1.165, 1.54) is 4.88 Å². The summed E-state index contributed by atoms with van der Waals surface area (Å²) in [4.78, 5) is 5.50. The topological polar surface area (TPSA) is 38.0 Å². The molecule has 0 aliphatic carbocycles. The molecule has 0 aliphatic heterocycles. The number of hydrogen-bond acceptors (Lipinski definition) is 3.